The van der Waals surface area contributed by atoms with Gasteiger partial charge in [-0.3, -0.25) is 0 Å². The number of esters is 2. The molecule has 1 fully saturated rings. The minimum Gasteiger partial charge on any atom is -0.462 e. The Hall–Kier alpha value is -1.88. The Balaban J connectivity index is 2.05. The van der Waals surface area contributed by atoms with Crippen molar-refractivity contribution in [2.45, 2.75) is 58.5 Å². The van der Waals surface area contributed by atoms with E-state index in [1.54, 1.807) is 24.3 Å². The average Bonchev–Trinajstić information content (AvgIpc) is 2.65. The van der Waals surface area contributed by atoms with Gasteiger partial charge < -0.3 is 14.8 Å². The second kappa shape index (κ2) is 9.72. The molecule has 5 heteroatoms. The van der Waals surface area contributed by atoms with Gasteiger partial charge >= 0.3 is 11.9 Å². The van der Waals surface area contributed by atoms with E-state index in [-0.39, 0.29) is 11.1 Å². The van der Waals surface area contributed by atoms with Crippen LogP contribution in [0, 0.1) is 5.92 Å². The number of unbranched alkanes of at least 4 members (excludes halogenated alkanes) is 2. The Bertz CT molecular complexity index is 606. The molecular weight excluding hydrogens is 330 g/mol. The van der Waals surface area contributed by atoms with Gasteiger partial charge in [-0.25, -0.2) is 9.59 Å². The molecule has 0 saturated carbocycles. The Morgan fingerprint density at radius 3 is 2.31 bits per heavy atom. The van der Waals surface area contributed by atoms with Crippen molar-refractivity contribution in [3.8, 4) is 0 Å². The van der Waals surface area contributed by atoms with E-state index in [2.05, 4.69) is 12.2 Å². The lowest BCUT2D eigenvalue weighted by Crippen LogP contribution is -2.43. The van der Waals surface area contributed by atoms with E-state index in [1.807, 2.05) is 13.8 Å². The lowest BCUT2D eigenvalue weighted by atomic mass is 9.83. The zero-order chi connectivity index (χ0) is 19.0. The van der Waals surface area contributed by atoms with Crippen LogP contribution in [0.1, 0.15) is 73.6 Å². The summed E-state index contributed by atoms with van der Waals surface area (Å²) in [4.78, 5) is 25.1. The maximum absolute atomic E-state index is 12.8. The van der Waals surface area contributed by atoms with Gasteiger partial charge in [-0.05, 0) is 58.3 Å². The molecule has 1 aliphatic rings. The predicted molar refractivity (Wildman–Crippen MR) is 101 cm³/mol. The third-order valence-corrected chi connectivity index (χ3v) is 5.03. The first-order chi connectivity index (χ1) is 12.5. The van der Waals surface area contributed by atoms with E-state index in [9.17, 15) is 9.59 Å². The standard InChI is InChI=1S/C21H31NO4/c1-4-5-8-15-25-19(23)17-9-6-7-10-18(17)20(24)26-21(2,3)16-11-13-22-14-12-16/h6-7,9-10,16,22H,4-5,8,11-15H2,1-3H3. The molecule has 1 aliphatic heterocycles. The van der Waals surface area contributed by atoms with Crippen molar-refractivity contribution in [3.05, 3.63) is 35.4 Å². The molecule has 5 nitrogen and oxygen atoms in total. The summed E-state index contributed by atoms with van der Waals surface area (Å²) in [7, 11) is 0. The summed E-state index contributed by atoms with van der Waals surface area (Å²) in [5.74, 6) is -0.621. The van der Waals surface area contributed by atoms with Crippen LogP contribution in [-0.2, 0) is 9.47 Å². The number of benzene rings is 1. The highest BCUT2D eigenvalue weighted by atomic mass is 16.6. The van der Waals surface area contributed by atoms with E-state index in [4.69, 9.17) is 9.47 Å². The number of rotatable bonds is 8. The molecule has 26 heavy (non-hydrogen) atoms. The molecule has 0 radical (unpaired) electrons. The highest BCUT2D eigenvalue weighted by Gasteiger charge is 2.35. The zero-order valence-electron chi connectivity index (χ0n) is 16.2. The van der Waals surface area contributed by atoms with Crippen molar-refractivity contribution < 1.29 is 19.1 Å². The second-order valence-corrected chi connectivity index (χ2v) is 7.41. The first kappa shape index (κ1) is 20.4. The van der Waals surface area contributed by atoms with Crippen LogP contribution in [0.3, 0.4) is 0 Å². The van der Waals surface area contributed by atoms with Gasteiger partial charge in [0.15, 0.2) is 0 Å². The first-order valence-corrected chi connectivity index (χ1v) is 9.66. The third-order valence-electron chi connectivity index (χ3n) is 5.03. The summed E-state index contributed by atoms with van der Waals surface area (Å²) in [6.07, 6.45) is 4.86. The largest absolute Gasteiger partial charge is 0.462 e. The van der Waals surface area contributed by atoms with E-state index in [1.165, 1.54) is 0 Å². The lowest BCUT2D eigenvalue weighted by molar-refractivity contribution is -0.0370. The lowest BCUT2D eigenvalue weighted by Gasteiger charge is -2.36. The van der Waals surface area contributed by atoms with E-state index in [0.29, 0.717) is 12.5 Å². The highest BCUT2D eigenvalue weighted by molar-refractivity contribution is 6.03. The third kappa shape index (κ3) is 5.56. The van der Waals surface area contributed by atoms with Gasteiger partial charge in [0.1, 0.15) is 5.60 Å². The van der Waals surface area contributed by atoms with E-state index in [0.717, 1.165) is 45.2 Å². The molecule has 0 spiro atoms. The number of nitrogens with one attached hydrogen (secondary N) is 1. The number of hydrogen-bond donors (Lipinski definition) is 1. The molecule has 144 valence electrons. The Labute approximate surface area is 156 Å². The second-order valence-electron chi connectivity index (χ2n) is 7.41. The van der Waals surface area contributed by atoms with Crippen LogP contribution in [0.2, 0.25) is 0 Å². The zero-order valence-corrected chi connectivity index (χ0v) is 16.2. The van der Waals surface area contributed by atoms with Crippen LogP contribution in [0.4, 0.5) is 0 Å². The monoisotopic (exact) mass is 361 g/mol. The Kier molecular flexibility index (Phi) is 7.64. The highest BCUT2D eigenvalue weighted by Crippen LogP contribution is 2.30. The summed E-state index contributed by atoms with van der Waals surface area (Å²) in [6.45, 7) is 8.24. The fraction of sp³-hybridized carbons (Fsp3) is 0.619. The molecular formula is C21H31NO4. The van der Waals surface area contributed by atoms with Crippen molar-refractivity contribution in [1.82, 2.24) is 5.32 Å². The van der Waals surface area contributed by atoms with Crippen LogP contribution >= 0.6 is 0 Å². The minimum absolute atomic E-state index is 0.273. The first-order valence-electron chi connectivity index (χ1n) is 9.66. The molecule has 0 bridgehead atoms. The summed E-state index contributed by atoms with van der Waals surface area (Å²) < 4.78 is 11.1. The normalized spacial score (nSPS) is 15.5. The number of carbonyl (C=O) groups is 2. The molecule has 1 heterocycles. The van der Waals surface area contributed by atoms with Gasteiger partial charge in [0.25, 0.3) is 0 Å². The molecule has 0 unspecified atom stereocenters. The van der Waals surface area contributed by atoms with E-state index < -0.39 is 17.5 Å². The molecule has 1 aromatic rings. The quantitative estimate of drug-likeness (QED) is 0.561. The van der Waals surface area contributed by atoms with Crippen molar-refractivity contribution >= 4 is 11.9 Å². The maximum Gasteiger partial charge on any atom is 0.339 e. The molecule has 1 aromatic carbocycles. The summed E-state index contributed by atoms with van der Waals surface area (Å²) in [5.41, 5.74) is -0.0257. The smallest absolute Gasteiger partial charge is 0.339 e. The van der Waals surface area contributed by atoms with Crippen molar-refractivity contribution in [2.75, 3.05) is 19.7 Å². The van der Waals surface area contributed by atoms with Crippen molar-refractivity contribution in [1.29, 1.82) is 0 Å². The van der Waals surface area contributed by atoms with Gasteiger partial charge in [0.05, 0.1) is 17.7 Å². The molecule has 2 rings (SSSR count). The predicted octanol–water partition coefficient (Wildman–Crippen LogP) is 3.97. The summed E-state index contributed by atoms with van der Waals surface area (Å²) >= 11 is 0. The van der Waals surface area contributed by atoms with Crippen LogP contribution in [0.5, 0.6) is 0 Å². The van der Waals surface area contributed by atoms with Gasteiger partial charge in [-0.15, -0.1) is 0 Å². The average molecular weight is 361 g/mol. The topological polar surface area (TPSA) is 64.6 Å². The number of ether oxygens (including phenoxy) is 2. The minimum atomic E-state index is -0.572. The molecule has 0 amide bonds. The van der Waals surface area contributed by atoms with Crippen LogP contribution in [0.25, 0.3) is 0 Å². The molecule has 1 saturated heterocycles. The number of carbonyl (C=O) groups excluding carboxylic acids is 2. The fourth-order valence-corrected chi connectivity index (χ4v) is 3.33. The van der Waals surface area contributed by atoms with Crippen molar-refractivity contribution in [3.63, 3.8) is 0 Å². The fourth-order valence-electron chi connectivity index (χ4n) is 3.33. The SMILES string of the molecule is CCCCCOC(=O)c1ccccc1C(=O)OC(C)(C)C1CCNCC1. The van der Waals surface area contributed by atoms with Crippen molar-refractivity contribution in [2.24, 2.45) is 5.92 Å². The summed E-state index contributed by atoms with van der Waals surface area (Å²) in [5, 5.41) is 3.32. The number of piperidine rings is 1. The molecule has 0 aromatic heterocycles. The molecule has 0 aliphatic carbocycles. The van der Waals surface area contributed by atoms with Crippen LogP contribution in [0.15, 0.2) is 24.3 Å². The Morgan fingerprint density at radius 2 is 1.69 bits per heavy atom. The van der Waals surface area contributed by atoms with Crippen LogP contribution in [-0.4, -0.2) is 37.2 Å². The molecule has 0 atom stereocenters. The Morgan fingerprint density at radius 1 is 1.08 bits per heavy atom. The van der Waals surface area contributed by atoms with Gasteiger partial charge in [0, 0.05) is 5.92 Å². The van der Waals surface area contributed by atoms with Gasteiger partial charge in [-0.1, -0.05) is 31.9 Å². The molecule has 1 N–H and O–H groups in total. The summed E-state index contributed by atoms with van der Waals surface area (Å²) in [6, 6.07) is 6.72. The van der Waals surface area contributed by atoms with Crippen LogP contribution < -0.4 is 5.32 Å². The van der Waals surface area contributed by atoms with E-state index >= 15 is 0 Å². The number of hydrogen-bond acceptors (Lipinski definition) is 5. The van der Waals surface area contributed by atoms with Gasteiger partial charge in [0.2, 0.25) is 0 Å². The maximum atomic E-state index is 12.8. The van der Waals surface area contributed by atoms with Gasteiger partial charge in [-0.2, -0.15) is 0 Å².